The van der Waals surface area contributed by atoms with Crippen molar-refractivity contribution in [1.29, 1.82) is 0 Å². The highest BCUT2D eigenvalue weighted by Crippen LogP contribution is 2.35. The lowest BCUT2D eigenvalue weighted by molar-refractivity contribution is -0.153. The van der Waals surface area contributed by atoms with E-state index in [1.165, 1.54) is 0 Å². The van der Waals surface area contributed by atoms with Gasteiger partial charge in [-0.3, -0.25) is 9.32 Å². The second-order valence-electron chi connectivity index (χ2n) is 7.42. The number of allylic oxidation sites excluding steroid dienone is 3. The number of aliphatic hydroxyl groups is 1. The maximum absolute atomic E-state index is 11.7. The average molecular weight is 448 g/mol. The van der Waals surface area contributed by atoms with E-state index < -0.39 is 33.1 Å². The normalized spacial score (nSPS) is 20.1. The van der Waals surface area contributed by atoms with E-state index in [0.717, 1.165) is 51.4 Å². The Bertz CT molecular complexity index is 571. The molecule has 0 aromatic carbocycles. The number of carbonyl (C=O) groups is 1. The molecule has 1 aliphatic heterocycles. The highest BCUT2D eigenvalue weighted by Gasteiger charge is 2.35. The highest BCUT2D eigenvalue weighted by atomic mass is 31.2. The number of unbranched alkanes of at least 4 members (excludes halogenated alkanes) is 5. The van der Waals surface area contributed by atoms with Gasteiger partial charge in [0.15, 0.2) is 0 Å². The maximum atomic E-state index is 11.7. The van der Waals surface area contributed by atoms with Crippen molar-refractivity contribution in [2.75, 3.05) is 13.2 Å². The van der Waals surface area contributed by atoms with Crippen LogP contribution in [-0.2, 0) is 23.4 Å². The summed E-state index contributed by atoms with van der Waals surface area (Å²) >= 11 is 0. The van der Waals surface area contributed by atoms with Crippen molar-refractivity contribution in [3.8, 4) is 0 Å². The number of rotatable bonds is 18. The third-order valence-corrected chi connectivity index (χ3v) is 5.23. The number of hydrogen-bond donors (Lipinski definition) is 3. The molecule has 3 atom stereocenters. The molecule has 174 valence electrons. The number of carbonyl (C=O) groups excluding carboxylic acids is 1. The molecule has 3 unspecified atom stereocenters. The SMILES string of the molecule is CCC1OC1C/C=C\C/C=C\CCCCCCCC(=O)OC(CO)COP(=O)(O)O. The summed E-state index contributed by atoms with van der Waals surface area (Å²) in [5, 5.41) is 9.06. The number of phosphoric ester groups is 1. The van der Waals surface area contributed by atoms with Crippen LogP contribution in [0.5, 0.6) is 0 Å². The molecular formula is C21H37O8P. The standard InChI is InChI=1S/C21H37O8P/c1-2-19-20(29-19)14-12-10-8-6-4-3-5-7-9-11-13-15-21(23)28-18(16-22)17-27-30(24,25)26/h4,6,10,12,18-20,22H,2-3,5,7-9,11,13-17H2,1H3,(H2,24,25,26)/b6-4-,12-10-. The molecule has 0 amide bonds. The Balaban J connectivity index is 1.91. The number of aliphatic hydroxyl groups excluding tert-OH is 1. The summed E-state index contributed by atoms with van der Waals surface area (Å²) < 4.78 is 25.3. The maximum Gasteiger partial charge on any atom is 0.469 e. The molecule has 0 aromatic heterocycles. The minimum absolute atomic E-state index is 0.212. The summed E-state index contributed by atoms with van der Waals surface area (Å²) in [6.45, 7) is 1.06. The Kier molecular flexibility index (Phi) is 14.2. The summed E-state index contributed by atoms with van der Waals surface area (Å²) in [5.74, 6) is -0.502. The topological polar surface area (TPSA) is 126 Å². The van der Waals surface area contributed by atoms with E-state index in [1.54, 1.807) is 0 Å². The van der Waals surface area contributed by atoms with Crippen LogP contribution >= 0.6 is 7.82 Å². The van der Waals surface area contributed by atoms with Crippen LogP contribution in [-0.4, -0.2) is 52.4 Å². The van der Waals surface area contributed by atoms with Gasteiger partial charge in [-0.25, -0.2) is 4.57 Å². The summed E-state index contributed by atoms with van der Waals surface area (Å²) in [6, 6.07) is 0. The predicted octanol–water partition coefficient (Wildman–Crippen LogP) is 3.80. The third kappa shape index (κ3) is 14.9. The predicted molar refractivity (Wildman–Crippen MR) is 114 cm³/mol. The lowest BCUT2D eigenvalue weighted by Gasteiger charge is -2.15. The van der Waals surface area contributed by atoms with Gasteiger partial charge in [-0.2, -0.15) is 0 Å². The Labute approximate surface area is 179 Å². The van der Waals surface area contributed by atoms with Crippen LogP contribution < -0.4 is 0 Å². The van der Waals surface area contributed by atoms with Crippen molar-refractivity contribution < 1.29 is 38.3 Å². The molecule has 0 bridgehead atoms. The number of ether oxygens (including phenoxy) is 2. The Morgan fingerprint density at radius 3 is 2.43 bits per heavy atom. The molecule has 9 heteroatoms. The fourth-order valence-electron chi connectivity index (χ4n) is 2.98. The number of epoxide rings is 1. The summed E-state index contributed by atoms with van der Waals surface area (Å²) in [4.78, 5) is 28.9. The van der Waals surface area contributed by atoms with Crippen LogP contribution in [0.25, 0.3) is 0 Å². The van der Waals surface area contributed by atoms with Crippen molar-refractivity contribution in [1.82, 2.24) is 0 Å². The van der Waals surface area contributed by atoms with Crippen LogP contribution in [0.2, 0.25) is 0 Å². The van der Waals surface area contributed by atoms with Crippen LogP contribution in [0.15, 0.2) is 24.3 Å². The molecule has 1 heterocycles. The van der Waals surface area contributed by atoms with Gasteiger partial charge in [-0.15, -0.1) is 0 Å². The van der Waals surface area contributed by atoms with E-state index in [0.29, 0.717) is 18.6 Å². The van der Waals surface area contributed by atoms with Gasteiger partial charge in [0.2, 0.25) is 0 Å². The van der Waals surface area contributed by atoms with Crippen molar-refractivity contribution in [2.45, 2.75) is 89.4 Å². The molecule has 0 radical (unpaired) electrons. The fraction of sp³-hybridized carbons (Fsp3) is 0.762. The van der Waals surface area contributed by atoms with Gasteiger partial charge in [0.25, 0.3) is 0 Å². The largest absolute Gasteiger partial charge is 0.469 e. The Morgan fingerprint density at radius 1 is 1.07 bits per heavy atom. The number of hydrogen-bond acceptors (Lipinski definition) is 6. The fourth-order valence-corrected chi connectivity index (χ4v) is 3.34. The van der Waals surface area contributed by atoms with Crippen LogP contribution in [0, 0.1) is 0 Å². The summed E-state index contributed by atoms with van der Waals surface area (Å²) in [5.41, 5.74) is 0. The minimum atomic E-state index is -4.65. The van der Waals surface area contributed by atoms with Gasteiger partial charge in [0.1, 0.15) is 6.10 Å². The zero-order valence-electron chi connectivity index (χ0n) is 17.9. The summed E-state index contributed by atoms with van der Waals surface area (Å²) in [7, 11) is -4.65. The zero-order chi connectivity index (χ0) is 22.2. The van der Waals surface area contributed by atoms with E-state index in [4.69, 9.17) is 24.4 Å². The second kappa shape index (κ2) is 15.7. The molecule has 0 saturated carbocycles. The number of phosphoric acid groups is 1. The first-order chi connectivity index (χ1) is 14.4. The molecule has 0 aromatic rings. The van der Waals surface area contributed by atoms with Crippen molar-refractivity contribution in [3.05, 3.63) is 24.3 Å². The van der Waals surface area contributed by atoms with Crippen molar-refractivity contribution in [2.24, 2.45) is 0 Å². The quantitative estimate of drug-likeness (QED) is 0.0950. The van der Waals surface area contributed by atoms with Crippen molar-refractivity contribution in [3.63, 3.8) is 0 Å². The minimum Gasteiger partial charge on any atom is -0.457 e. The lowest BCUT2D eigenvalue weighted by Crippen LogP contribution is -2.26. The van der Waals surface area contributed by atoms with Crippen LogP contribution in [0.3, 0.4) is 0 Å². The first-order valence-electron chi connectivity index (χ1n) is 10.8. The third-order valence-electron chi connectivity index (χ3n) is 4.75. The number of esters is 1. The molecule has 1 aliphatic rings. The molecule has 30 heavy (non-hydrogen) atoms. The van der Waals surface area contributed by atoms with Crippen LogP contribution in [0.1, 0.15) is 71.1 Å². The Hall–Kier alpha value is -1.02. The first-order valence-corrected chi connectivity index (χ1v) is 12.3. The molecule has 1 fully saturated rings. The highest BCUT2D eigenvalue weighted by molar-refractivity contribution is 7.46. The molecule has 1 saturated heterocycles. The Morgan fingerprint density at radius 2 is 1.77 bits per heavy atom. The molecule has 3 N–H and O–H groups in total. The lowest BCUT2D eigenvalue weighted by atomic mass is 10.1. The van der Waals surface area contributed by atoms with E-state index in [1.807, 2.05) is 0 Å². The average Bonchev–Trinajstić information content (AvgIpc) is 3.46. The van der Waals surface area contributed by atoms with E-state index in [-0.39, 0.29) is 6.42 Å². The van der Waals surface area contributed by atoms with Gasteiger partial charge >= 0.3 is 13.8 Å². The van der Waals surface area contributed by atoms with E-state index >= 15 is 0 Å². The molecule has 0 aliphatic carbocycles. The van der Waals surface area contributed by atoms with Gasteiger partial charge in [-0.05, 0) is 38.5 Å². The van der Waals surface area contributed by atoms with E-state index in [9.17, 15) is 9.36 Å². The second-order valence-corrected chi connectivity index (χ2v) is 8.66. The molecule has 1 rings (SSSR count). The van der Waals surface area contributed by atoms with E-state index in [2.05, 4.69) is 35.8 Å². The summed E-state index contributed by atoms with van der Waals surface area (Å²) in [6.07, 6.45) is 17.8. The monoisotopic (exact) mass is 448 g/mol. The molecule has 8 nitrogen and oxygen atoms in total. The zero-order valence-corrected chi connectivity index (χ0v) is 18.8. The molecular weight excluding hydrogens is 411 g/mol. The smallest absolute Gasteiger partial charge is 0.457 e. The van der Waals surface area contributed by atoms with Crippen molar-refractivity contribution >= 4 is 13.8 Å². The first kappa shape index (κ1) is 27.0. The van der Waals surface area contributed by atoms with Gasteiger partial charge in [-0.1, -0.05) is 50.5 Å². The van der Waals surface area contributed by atoms with Gasteiger partial charge in [0.05, 0.1) is 25.4 Å². The van der Waals surface area contributed by atoms with Gasteiger partial charge in [0, 0.05) is 6.42 Å². The van der Waals surface area contributed by atoms with Gasteiger partial charge < -0.3 is 24.4 Å². The molecule has 0 spiro atoms. The van der Waals surface area contributed by atoms with Crippen LogP contribution in [0.4, 0.5) is 0 Å².